The number of halogens is 4. The number of nitrogens with two attached hydrogens (primary N) is 1. The maximum atomic E-state index is 15.0. The van der Waals surface area contributed by atoms with Crippen LogP contribution in [0.1, 0.15) is 45.9 Å². The second-order valence-electron chi connectivity index (χ2n) is 8.49. The van der Waals surface area contributed by atoms with Crippen LogP contribution in [0.25, 0.3) is 11.0 Å². The number of carbonyl (C=O) groups is 1. The first-order valence-corrected chi connectivity index (χ1v) is 10.9. The molecule has 4 heterocycles. The molecule has 1 saturated heterocycles. The Labute approximate surface area is 191 Å². The van der Waals surface area contributed by atoms with E-state index in [0.29, 0.717) is 56.8 Å². The predicted molar refractivity (Wildman–Crippen MR) is 115 cm³/mol. The lowest BCUT2D eigenvalue weighted by Gasteiger charge is -2.33. The third kappa shape index (κ3) is 4.15. The number of benzene rings is 1. The third-order valence-electron chi connectivity index (χ3n) is 6.43. The SMILES string of the molecule is Nc1cc(OC(F)(F)F)ccc1C(=O)N1CCC(c2c(F)cnc3[nH]c4c(c23)CCOC4)CC1. The normalized spacial score (nSPS) is 17.1. The number of ether oxygens (including phenoxy) is 2. The fourth-order valence-corrected chi connectivity index (χ4v) is 4.89. The molecule has 7 nitrogen and oxygen atoms in total. The number of likely N-dealkylation sites (tertiary alicyclic amines) is 1. The fraction of sp³-hybridized carbons (Fsp3) is 0.391. The highest BCUT2D eigenvalue weighted by Gasteiger charge is 2.33. The Morgan fingerprint density at radius 3 is 2.74 bits per heavy atom. The molecule has 0 atom stereocenters. The molecule has 180 valence electrons. The van der Waals surface area contributed by atoms with Gasteiger partial charge in [0.1, 0.15) is 17.2 Å². The standard InChI is InChI=1S/C23H22F4N4O3/c24-16-10-29-21-20(15-5-8-33-11-18(15)30-21)19(16)12-3-6-31(7-4-12)22(32)14-2-1-13(9-17(14)28)34-23(25,26)27/h1-2,9-10,12H,3-8,11,28H2,(H,29,30). The summed E-state index contributed by atoms with van der Waals surface area (Å²) in [5, 5.41) is 0.813. The summed E-state index contributed by atoms with van der Waals surface area (Å²) < 4.78 is 61.6. The maximum Gasteiger partial charge on any atom is 0.573 e. The van der Waals surface area contributed by atoms with Crippen LogP contribution >= 0.6 is 0 Å². The van der Waals surface area contributed by atoms with E-state index >= 15 is 0 Å². The number of piperidine rings is 1. The lowest BCUT2D eigenvalue weighted by atomic mass is 9.86. The zero-order valence-electron chi connectivity index (χ0n) is 18.0. The van der Waals surface area contributed by atoms with Crippen molar-refractivity contribution in [2.24, 2.45) is 0 Å². The molecule has 2 aliphatic heterocycles. The van der Waals surface area contributed by atoms with Gasteiger partial charge >= 0.3 is 6.36 Å². The zero-order valence-corrected chi connectivity index (χ0v) is 18.0. The third-order valence-corrected chi connectivity index (χ3v) is 6.43. The second-order valence-corrected chi connectivity index (χ2v) is 8.49. The number of alkyl halides is 3. The van der Waals surface area contributed by atoms with E-state index in [9.17, 15) is 22.4 Å². The molecule has 0 bridgehead atoms. The smallest absolute Gasteiger partial charge is 0.406 e. The van der Waals surface area contributed by atoms with Crippen LogP contribution in [0.15, 0.2) is 24.4 Å². The summed E-state index contributed by atoms with van der Waals surface area (Å²) in [5.74, 6) is -1.34. The van der Waals surface area contributed by atoms with Gasteiger partial charge in [-0.15, -0.1) is 13.2 Å². The van der Waals surface area contributed by atoms with Gasteiger partial charge in [-0.2, -0.15) is 0 Å². The number of rotatable bonds is 3. The molecule has 0 unspecified atom stereocenters. The van der Waals surface area contributed by atoms with Gasteiger partial charge < -0.3 is 25.1 Å². The zero-order chi connectivity index (χ0) is 24.0. The summed E-state index contributed by atoms with van der Waals surface area (Å²) in [6, 6.07) is 3.27. The van der Waals surface area contributed by atoms with Crippen LogP contribution in [0.4, 0.5) is 23.2 Å². The molecule has 2 aromatic heterocycles. The molecule has 34 heavy (non-hydrogen) atoms. The highest BCUT2D eigenvalue weighted by atomic mass is 19.4. The van der Waals surface area contributed by atoms with E-state index < -0.39 is 12.1 Å². The van der Waals surface area contributed by atoms with Crippen LogP contribution in [0.2, 0.25) is 0 Å². The number of nitrogens with zero attached hydrogens (tertiary/aromatic N) is 2. The number of pyridine rings is 1. The van der Waals surface area contributed by atoms with Gasteiger partial charge in [0.25, 0.3) is 5.91 Å². The molecule has 0 saturated carbocycles. The second kappa shape index (κ2) is 8.46. The van der Waals surface area contributed by atoms with Gasteiger partial charge in [-0.1, -0.05) is 0 Å². The average molecular weight is 478 g/mol. The Hall–Kier alpha value is -3.34. The lowest BCUT2D eigenvalue weighted by Crippen LogP contribution is -2.38. The predicted octanol–water partition coefficient (Wildman–Crippen LogP) is 4.28. The summed E-state index contributed by atoms with van der Waals surface area (Å²) in [7, 11) is 0. The Morgan fingerprint density at radius 2 is 2.03 bits per heavy atom. The Bertz CT molecular complexity index is 1250. The molecule has 1 fully saturated rings. The molecule has 1 aromatic carbocycles. The molecular formula is C23H22F4N4O3. The van der Waals surface area contributed by atoms with Crippen LogP contribution < -0.4 is 10.5 Å². The number of anilines is 1. The van der Waals surface area contributed by atoms with E-state index in [1.807, 2.05) is 0 Å². The van der Waals surface area contributed by atoms with Crippen LogP contribution in [0.5, 0.6) is 5.75 Å². The van der Waals surface area contributed by atoms with Gasteiger partial charge in [-0.05, 0) is 42.9 Å². The van der Waals surface area contributed by atoms with E-state index in [4.69, 9.17) is 10.5 Å². The van der Waals surface area contributed by atoms with Gasteiger partial charge in [-0.3, -0.25) is 4.79 Å². The van der Waals surface area contributed by atoms with Crippen molar-refractivity contribution in [1.29, 1.82) is 0 Å². The van der Waals surface area contributed by atoms with Crippen molar-refractivity contribution in [1.82, 2.24) is 14.9 Å². The molecule has 0 aliphatic carbocycles. The van der Waals surface area contributed by atoms with Crippen molar-refractivity contribution in [3.8, 4) is 5.75 Å². The highest BCUT2D eigenvalue weighted by molar-refractivity contribution is 5.99. The number of nitrogen functional groups attached to an aromatic ring is 1. The average Bonchev–Trinajstić information content (AvgIpc) is 3.17. The van der Waals surface area contributed by atoms with Gasteiger partial charge in [0.15, 0.2) is 0 Å². The van der Waals surface area contributed by atoms with Crippen molar-refractivity contribution >= 4 is 22.6 Å². The van der Waals surface area contributed by atoms with Crippen LogP contribution in [-0.4, -0.2) is 46.8 Å². The molecule has 3 N–H and O–H groups in total. The largest absolute Gasteiger partial charge is 0.573 e. The van der Waals surface area contributed by atoms with Crippen molar-refractivity contribution in [2.45, 2.75) is 38.1 Å². The number of fused-ring (bicyclic) bond motifs is 3. The van der Waals surface area contributed by atoms with Crippen LogP contribution in [0, 0.1) is 5.82 Å². The number of hydrogen-bond donors (Lipinski definition) is 2. The minimum atomic E-state index is -4.85. The number of H-pyrrole nitrogens is 1. The first kappa shape index (κ1) is 22.5. The van der Waals surface area contributed by atoms with Crippen molar-refractivity contribution in [3.63, 3.8) is 0 Å². The van der Waals surface area contributed by atoms with Crippen molar-refractivity contribution in [3.05, 3.63) is 52.6 Å². The van der Waals surface area contributed by atoms with Gasteiger partial charge in [0.05, 0.1) is 25.0 Å². The molecule has 2 aliphatic rings. The molecule has 3 aromatic rings. The topological polar surface area (TPSA) is 93.5 Å². The number of nitrogens with one attached hydrogen (secondary N) is 1. The number of aromatic nitrogens is 2. The number of hydrogen-bond acceptors (Lipinski definition) is 5. The van der Waals surface area contributed by atoms with Crippen molar-refractivity contribution in [2.75, 3.05) is 25.4 Å². The van der Waals surface area contributed by atoms with E-state index in [1.54, 1.807) is 4.90 Å². The monoisotopic (exact) mass is 478 g/mol. The quantitative estimate of drug-likeness (QED) is 0.433. The summed E-state index contributed by atoms with van der Waals surface area (Å²) in [5.41, 5.74) is 9.05. The number of amides is 1. The highest BCUT2D eigenvalue weighted by Crippen LogP contribution is 2.38. The Morgan fingerprint density at radius 1 is 1.26 bits per heavy atom. The fourth-order valence-electron chi connectivity index (χ4n) is 4.89. The van der Waals surface area contributed by atoms with Crippen molar-refractivity contribution < 1.29 is 31.8 Å². The summed E-state index contributed by atoms with van der Waals surface area (Å²) in [6.45, 7) is 1.73. The van der Waals surface area contributed by atoms with Gasteiger partial charge in [0.2, 0.25) is 0 Å². The summed E-state index contributed by atoms with van der Waals surface area (Å²) in [6.07, 6.45) is -1.87. The molecule has 5 rings (SSSR count). The summed E-state index contributed by atoms with van der Waals surface area (Å²) >= 11 is 0. The number of aromatic amines is 1. The molecule has 1 amide bonds. The molecule has 11 heteroatoms. The van der Waals surface area contributed by atoms with E-state index in [-0.39, 0.29) is 28.9 Å². The first-order chi connectivity index (χ1) is 16.2. The van der Waals surface area contributed by atoms with Gasteiger partial charge in [-0.25, -0.2) is 9.37 Å². The Kier molecular flexibility index (Phi) is 5.59. The number of carbonyl (C=O) groups excluding carboxylic acids is 1. The summed E-state index contributed by atoms with van der Waals surface area (Å²) in [4.78, 5) is 22.0. The van der Waals surface area contributed by atoms with E-state index in [0.717, 1.165) is 28.8 Å². The lowest BCUT2D eigenvalue weighted by molar-refractivity contribution is -0.274. The first-order valence-electron chi connectivity index (χ1n) is 10.9. The Balaban J connectivity index is 1.34. The minimum absolute atomic E-state index is 0.0998. The van der Waals surface area contributed by atoms with E-state index in [1.165, 1.54) is 12.3 Å². The minimum Gasteiger partial charge on any atom is -0.406 e. The maximum absolute atomic E-state index is 15.0. The van der Waals surface area contributed by atoms with Gasteiger partial charge in [0, 0.05) is 41.5 Å². The van der Waals surface area contributed by atoms with Crippen LogP contribution in [0.3, 0.4) is 0 Å². The molecular weight excluding hydrogens is 456 g/mol. The van der Waals surface area contributed by atoms with Crippen LogP contribution in [-0.2, 0) is 17.8 Å². The molecule has 0 radical (unpaired) electrons. The molecule has 0 spiro atoms. The van der Waals surface area contributed by atoms with E-state index in [2.05, 4.69) is 14.7 Å².